The molecule has 0 fully saturated rings. The Hall–Kier alpha value is -2.44. The van der Waals surface area contributed by atoms with Crippen molar-refractivity contribution in [1.29, 1.82) is 0 Å². The fourth-order valence-corrected chi connectivity index (χ4v) is 4.04. The number of benzene rings is 1. The quantitative estimate of drug-likeness (QED) is 0.669. The molecular formula is C18H14ClN3O2S. The maximum Gasteiger partial charge on any atom is 0.226 e. The lowest BCUT2D eigenvalue weighted by Crippen LogP contribution is -2.27. The predicted molar refractivity (Wildman–Crippen MR) is 98.4 cm³/mol. The highest BCUT2D eigenvalue weighted by Crippen LogP contribution is 2.40. The molecule has 5 nitrogen and oxygen atoms in total. The van der Waals surface area contributed by atoms with E-state index in [4.69, 9.17) is 11.6 Å². The average molecular weight is 372 g/mol. The number of thiophene rings is 1. The number of amides is 1. The molecule has 7 heteroatoms. The van der Waals surface area contributed by atoms with Crippen LogP contribution >= 0.6 is 22.9 Å². The monoisotopic (exact) mass is 371 g/mol. The Morgan fingerprint density at radius 3 is 2.68 bits per heavy atom. The van der Waals surface area contributed by atoms with E-state index >= 15 is 0 Å². The molecule has 1 amide bonds. The number of H-pyrrole nitrogens is 1. The molecule has 3 aromatic rings. The van der Waals surface area contributed by atoms with Crippen LogP contribution in [0.1, 0.15) is 32.5 Å². The van der Waals surface area contributed by atoms with Crippen LogP contribution in [0.5, 0.6) is 0 Å². The molecule has 0 radical (unpaired) electrons. The maximum atomic E-state index is 13.0. The molecule has 1 atom stereocenters. The van der Waals surface area contributed by atoms with Gasteiger partial charge in [0.1, 0.15) is 0 Å². The van der Waals surface area contributed by atoms with Crippen molar-refractivity contribution in [1.82, 2.24) is 10.2 Å². The van der Waals surface area contributed by atoms with Crippen LogP contribution in [0.2, 0.25) is 5.02 Å². The van der Waals surface area contributed by atoms with Gasteiger partial charge in [-0.3, -0.25) is 14.7 Å². The van der Waals surface area contributed by atoms with Crippen molar-refractivity contribution in [2.24, 2.45) is 0 Å². The molecule has 1 aromatic carbocycles. The molecule has 2 aromatic heterocycles. The van der Waals surface area contributed by atoms with Crippen molar-refractivity contribution in [3.05, 3.63) is 56.7 Å². The Kier molecular flexibility index (Phi) is 3.94. The summed E-state index contributed by atoms with van der Waals surface area (Å²) in [6, 6.07) is 11.0. The second-order valence-electron chi connectivity index (χ2n) is 5.95. The Morgan fingerprint density at radius 1 is 1.24 bits per heavy atom. The molecular weight excluding hydrogens is 358 g/mol. The van der Waals surface area contributed by atoms with Crippen LogP contribution in [0.25, 0.3) is 11.3 Å². The van der Waals surface area contributed by atoms with Gasteiger partial charge in [0, 0.05) is 27.4 Å². The first-order chi connectivity index (χ1) is 12.0. The molecule has 4 rings (SSSR count). The number of nitrogens with zero attached hydrogens (tertiary/aromatic N) is 1. The lowest BCUT2D eigenvalue weighted by molar-refractivity contribution is -0.116. The number of aromatic nitrogens is 2. The molecule has 1 aliphatic heterocycles. The fourth-order valence-electron chi connectivity index (χ4n) is 3.05. The zero-order chi connectivity index (χ0) is 17.6. The maximum absolute atomic E-state index is 13.0. The number of rotatable bonds is 3. The number of halogens is 1. The molecule has 1 unspecified atom stereocenters. The molecule has 0 aliphatic carbocycles. The zero-order valence-corrected chi connectivity index (χ0v) is 14.9. The number of hydrogen-bond donors (Lipinski definition) is 2. The van der Waals surface area contributed by atoms with E-state index in [9.17, 15) is 9.59 Å². The smallest absolute Gasteiger partial charge is 0.226 e. The van der Waals surface area contributed by atoms with Crippen molar-refractivity contribution in [3.63, 3.8) is 0 Å². The standard InChI is InChI=1S/C18H14ClN3O2S/c1-9-2-7-13(25-9)17(24)12-8-14(23)20-18-15(12)16(21-22-18)10-3-5-11(19)6-4-10/h2-7,12H,8H2,1H3,(H2,20,21,22,23). The summed E-state index contributed by atoms with van der Waals surface area (Å²) in [5, 5.41) is 10.5. The topological polar surface area (TPSA) is 74.8 Å². The van der Waals surface area contributed by atoms with E-state index in [1.807, 2.05) is 31.2 Å². The summed E-state index contributed by atoms with van der Waals surface area (Å²) in [6.45, 7) is 1.96. The van der Waals surface area contributed by atoms with E-state index in [0.717, 1.165) is 21.7 Å². The average Bonchev–Trinajstić information content (AvgIpc) is 3.20. The van der Waals surface area contributed by atoms with Crippen LogP contribution in [-0.2, 0) is 4.79 Å². The first-order valence-electron chi connectivity index (χ1n) is 7.77. The normalized spacial score (nSPS) is 16.4. The number of nitrogens with one attached hydrogen (secondary N) is 2. The lowest BCUT2D eigenvalue weighted by Gasteiger charge is -2.21. The summed E-state index contributed by atoms with van der Waals surface area (Å²) in [6.07, 6.45) is 0.114. The Morgan fingerprint density at radius 2 is 2.00 bits per heavy atom. The molecule has 0 saturated carbocycles. The van der Waals surface area contributed by atoms with Crippen LogP contribution in [-0.4, -0.2) is 21.9 Å². The molecule has 0 spiro atoms. The highest BCUT2D eigenvalue weighted by atomic mass is 35.5. The van der Waals surface area contributed by atoms with Gasteiger partial charge < -0.3 is 5.32 Å². The predicted octanol–water partition coefficient (Wildman–Crippen LogP) is 4.41. The third-order valence-corrected chi connectivity index (χ3v) is 5.50. The van der Waals surface area contributed by atoms with E-state index in [2.05, 4.69) is 15.5 Å². The summed E-state index contributed by atoms with van der Waals surface area (Å²) < 4.78 is 0. The summed E-state index contributed by atoms with van der Waals surface area (Å²) >= 11 is 7.40. The van der Waals surface area contributed by atoms with Crippen molar-refractivity contribution >= 4 is 40.4 Å². The van der Waals surface area contributed by atoms with Crippen LogP contribution < -0.4 is 5.32 Å². The number of Topliss-reactive ketones (excluding diaryl/α,β-unsaturated/α-hetero) is 1. The first kappa shape index (κ1) is 16.1. The Bertz CT molecular complexity index is 975. The van der Waals surface area contributed by atoms with Crippen LogP contribution in [0.15, 0.2) is 36.4 Å². The second-order valence-corrected chi connectivity index (χ2v) is 7.67. The minimum Gasteiger partial charge on any atom is -0.309 e. The van der Waals surface area contributed by atoms with Gasteiger partial charge in [0.15, 0.2) is 11.6 Å². The van der Waals surface area contributed by atoms with E-state index < -0.39 is 5.92 Å². The van der Waals surface area contributed by atoms with Crippen LogP contribution in [0.3, 0.4) is 0 Å². The minimum atomic E-state index is -0.550. The third-order valence-electron chi connectivity index (χ3n) is 4.23. The third kappa shape index (κ3) is 2.88. The summed E-state index contributed by atoms with van der Waals surface area (Å²) in [5.74, 6) is -0.377. The highest BCUT2D eigenvalue weighted by molar-refractivity contribution is 7.14. The van der Waals surface area contributed by atoms with Crippen molar-refractivity contribution in [3.8, 4) is 11.3 Å². The number of hydrogen-bond acceptors (Lipinski definition) is 4. The first-order valence-corrected chi connectivity index (χ1v) is 8.97. The largest absolute Gasteiger partial charge is 0.309 e. The van der Waals surface area contributed by atoms with E-state index in [1.165, 1.54) is 11.3 Å². The van der Waals surface area contributed by atoms with Crippen molar-refractivity contribution in [2.45, 2.75) is 19.3 Å². The molecule has 2 N–H and O–H groups in total. The number of carbonyl (C=O) groups excluding carboxylic acids is 2. The lowest BCUT2D eigenvalue weighted by atomic mass is 9.86. The van der Waals surface area contributed by atoms with E-state index in [1.54, 1.807) is 12.1 Å². The number of ketones is 1. The highest BCUT2D eigenvalue weighted by Gasteiger charge is 2.36. The van der Waals surface area contributed by atoms with Crippen LogP contribution in [0.4, 0.5) is 5.82 Å². The van der Waals surface area contributed by atoms with Gasteiger partial charge in [-0.05, 0) is 31.2 Å². The van der Waals surface area contributed by atoms with Crippen molar-refractivity contribution in [2.75, 3.05) is 5.32 Å². The zero-order valence-electron chi connectivity index (χ0n) is 13.3. The van der Waals surface area contributed by atoms with Gasteiger partial charge in [-0.15, -0.1) is 11.3 Å². The molecule has 0 saturated heterocycles. The van der Waals surface area contributed by atoms with Gasteiger partial charge in [0.2, 0.25) is 5.91 Å². The van der Waals surface area contributed by atoms with Gasteiger partial charge in [-0.1, -0.05) is 23.7 Å². The van der Waals surface area contributed by atoms with Crippen molar-refractivity contribution < 1.29 is 9.59 Å². The summed E-state index contributed by atoms with van der Waals surface area (Å²) in [4.78, 5) is 26.8. The van der Waals surface area contributed by atoms with Gasteiger partial charge >= 0.3 is 0 Å². The van der Waals surface area contributed by atoms with Crippen LogP contribution in [0, 0.1) is 6.92 Å². The Balaban J connectivity index is 1.81. The van der Waals surface area contributed by atoms with E-state index in [0.29, 0.717) is 15.7 Å². The fraction of sp³-hybridized carbons (Fsp3) is 0.167. The van der Waals surface area contributed by atoms with Gasteiger partial charge in [-0.25, -0.2) is 0 Å². The second kappa shape index (κ2) is 6.13. The molecule has 0 bridgehead atoms. The summed E-state index contributed by atoms with van der Waals surface area (Å²) in [7, 11) is 0. The van der Waals surface area contributed by atoms with Gasteiger partial charge in [0.05, 0.1) is 16.5 Å². The number of carbonyl (C=O) groups is 2. The molecule has 25 heavy (non-hydrogen) atoms. The minimum absolute atomic E-state index is 0.0502. The molecule has 3 heterocycles. The number of anilines is 1. The number of fused-ring (bicyclic) bond motifs is 1. The SMILES string of the molecule is Cc1ccc(C(=O)C2CC(=O)Nc3n[nH]c(-c4ccc(Cl)cc4)c32)s1. The number of aryl methyl sites for hydroxylation is 1. The summed E-state index contributed by atoms with van der Waals surface area (Å²) in [5.41, 5.74) is 2.34. The molecule has 1 aliphatic rings. The van der Waals surface area contributed by atoms with Gasteiger partial charge in [0.25, 0.3) is 0 Å². The molecule has 126 valence electrons. The number of aromatic amines is 1. The van der Waals surface area contributed by atoms with E-state index in [-0.39, 0.29) is 18.1 Å². The Labute approximate surface area is 153 Å². The van der Waals surface area contributed by atoms with Gasteiger partial charge in [-0.2, -0.15) is 5.10 Å².